The van der Waals surface area contributed by atoms with Crippen LogP contribution >= 0.6 is 0 Å². The predicted octanol–water partition coefficient (Wildman–Crippen LogP) is 3.11. The molecule has 3 atom stereocenters. The van der Waals surface area contributed by atoms with Crippen molar-refractivity contribution in [1.29, 1.82) is 0 Å². The van der Waals surface area contributed by atoms with E-state index in [2.05, 4.69) is 10.6 Å². The van der Waals surface area contributed by atoms with Crippen LogP contribution in [0.5, 0.6) is 5.75 Å². The van der Waals surface area contributed by atoms with Crippen LogP contribution in [-0.2, 0) is 14.3 Å². The summed E-state index contributed by atoms with van der Waals surface area (Å²) in [4.78, 5) is 39.9. The van der Waals surface area contributed by atoms with Gasteiger partial charge in [0, 0.05) is 25.2 Å². The van der Waals surface area contributed by atoms with Gasteiger partial charge in [-0.15, -0.1) is 0 Å². The van der Waals surface area contributed by atoms with Gasteiger partial charge in [-0.05, 0) is 62.6 Å². The molecule has 1 aromatic carbocycles. The smallest absolute Gasteiger partial charge is 0.257 e. The number of likely N-dealkylation sites (N-methyl/N-ethyl adjacent to an activating group) is 1. The molecule has 2 heterocycles. The van der Waals surface area contributed by atoms with Gasteiger partial charge in [0.1, 0.15) is 18.5 Å². The van der Waals surface area contributed by atoms with Gasteiger partial charge >= 0.3 is 0 Å². The molecule has 2 aliphatic carbocycles. The van der Waals surface area contributed by atoms with E-state index in [0.717, 1.165) is 45.1 Å². The molecule has 34 heavy (non-hydrogen) atoms. The van der Waals surface area contributed by atoms with E-state index in [1.54, 1.807) is 30.1 Å². The maximum atomic E-state index is 13.4. The maximum absolute atomic E-state index is 13.4. The lowest BCUT2D eigenvalue weighted by molar-refractivity contribution is -0.134. The van der Waals surface area contributed by atoms with E-state index in [9.17, 15) is 14.4 Å². The highest BCUT2D eigenvalue weighted by atomic mass is 16.5. The van der Waals surface area contributed by atoms with Crippen LogP contribution in [0.4, 0.5) is 5.69 Å². The number of carbonyl (C=O) groups is 3. The van der Waals surface area contributed by atoms with E-state index in [1.807, 2.05) is 0 Å². The minimum atomic E-state index is -0.293. The molecule has 0 unspecified atom stereocenters. The Bertz CT molecular complexity index is 940. The molecule has 0 aromatic heterocycles. The Balaban J connectivity index is 1.23. The lowest BCUT2D eigenvalue weighted by Crippen LogP contribution is -2.54. The van der Waals surface area contributed by atoms with Gasteiger partial charge in [0.05, 0.1) is 24.1 Å². The zero-order chi connectivity index (χ0) is 23.7. The Morgan fingerprint density at radius 2 is 1.88 bits per heavy atom. The number of ether oxygens (including phenoxy) is 2. The summed E-state index contributed by atoms with van der Waals surface area (Å²) in [5.41, 5.74) is 1.07. The van der Waals surface area contributed by atoms with Crippen LogP contribution in [0.25, 0.3) is 0 Å². The second kappa shape index (κ2) is 9.94. The number of carbonyl (C=O) groups excluding carboxylic acids is 3. The monoisotopic (exact) mass is 469 g/mol. The number of benzene rings is 1. The lowest BCUT2D eigenvalue weighted by atomic mass is 9.94. The summed E-state index contributed by atoms with van der Waals surface area (Å²) in [5, 5.41) is 5.99. The molecular weight excluding hydrogens is 434 g/mol. The third kappa shape index (κ3) is 5.22. The van der Waals surface area contributed by atoms with E-state index in [4.69, 9.17) is 9.47 Å². The zero-order valence-electron chi connectivity index (χ0n) is 19.9. The molecule has 5 rings (SSSR count). The summed E-state index contributed by atoms with van der Waals surface area (Å²) < 4.78 is 12.3. The fourth-order valence-electron chi connectivity index (χ4n) is 5.40. The molecule has 184 valence electrons. The van der Waals surface area contributed by atoms with Gasteiger partial charge in [-0.2, -0.15) is 0 Å². The van der Waals surface area contributed by atoms with E-state index >= 15 is 0 Å². The lowest BCUT2D eigenvalue weighted by Gasteiger charge is -2.42. The van der Waals surface area contributed by atoms with Gasteiger partial charge in [0.2, 0.25) is 11.8 Å². The maximum Gasteiger partial charge on any atom is 0.257 e. The number of anilines is 1. The number of nitrogens with zero attached hydrogens (tertiary/aromatic N) is 1. The Morgan fingerprint density at radius 3 is 2.65 bits per heavy atom. The predicted molar refractivity (Wildman–Crippen MR) is 127 cm³/mol. The minimum absolute atomic E-state index is 0.0259. The molecule has 3 amide bonds. The van der Waals surface area contributed by atoms with Crippen LogP contribution in [0.15, 0.2) is 18.2 Å². The van der Waals surface area contributed by atoms with Gasteiger partial charge in [0.15, 0.2) is 0 Å². The first-order valence-electron chi connectivity index (χ1n) is 12.7. The average Bonchev–Trinajstić information content (AvgIpc) is 3.50. The van der Waals surface area contributed by atoms with Crippen LogP contribution in [0.1, 0.15) is 68.1 Å². The number of hydrogen-bond acceptors (Lipinski definition) is 5. The van der Waals surface area contributed by atoms with Crippen molar-refractivity contribution in [1.82, 2.24) is 10.2 Å². The van der Waals surface area contributed by atoms with Crippen LogP contribution < -0.4 is 15.4 Å². The Kier molecular flexibility index (Phi) is 6.77. The van der Waals surface area contributed by atoms with E-state index < -0.39 is 0 Å². The zero-order valence-corrected chi connectivity index (χ0v) is 19.9. The van der Waals surface area contributed by atoms with E-state index in [-0.39, 0.29) is 41.9 Å². The largest absolute Gasteiger partial charge is 0.490 e. The van der Waals surface area contributed by atoms with E-state index in [1.165, 1.54) is 12.8 Å². The van der Waals surface area contributed by atoms with Crippen molar-refractivity contribution < 1.29 is 23.9 Å². The summed E-state index contributed by atoms with van der Waals surface area (Å²) in [6, 6.07) is 5.13. The topological polar surface area (TPSA) is 97.0 Å². The highest BCUT2D eigenvalue weighted by Crippen LogP contribution is 2.33. The van der Waals surface area contributed by atoms with Crippen LogP contribution in [0, 0.1) is 11.8 Å². The van der Waals surface area contributed by atoms with Gasteiger partial charge in [-0.25, -0.2) is 0 Å². The third-order valence-corrected chi connectivity index (χ3v) is 7.70. The molecular formula is C26H35N3O5. The first kappa shape index (κ1) is 23.1. The molecule has 0 bridgehead atoms. The summed E-state index contributed by atoms with van der Waals surface area (Å²) in [5.74, 6) is 1.10. The molecule has 8 heteroatoms. The number of hydrogen-bond donors (Lipinski definition) is 2. The standard InChI is InChI=1S/C26H35N3O5/c1-29-21-10-9-19(13-24(30)27-14-16-6-7-16)34-23(21)15-33-22-11-8-18(12-20(22)26(29)32)28-25(31)17-4-2-3-5-17/h8,11-12,16-17,19,21,23H,2-7,9-10,13-15H2,1H3,(H,27,30)(H,28,31)/t19-,21+,23-/m0/s1. The van der Waals surface area contributed by atoms with E-state index in [0.29, 0.717) is 35.9 Å². The second-order valence-electron chi connectivity index (χ2n) is 10.3. The van der Waals surface area contributed by atoms with Gasteiger partial charge in [-0.1, -0.05) is 12.8 Å². The van der Waals surface area contributed by atoms with Crippen molar-refractivity contribution in [2.75, 3.05) is 25.5 Å². The number of rotatable bonds is 6. The van der Waals surface area contributed by atoms with Gasteiger partial charge in [0.25, 0.3) is 5.91 Å². The summed E-state index contributed by atoms with van der Waals surface area (Å²) in [7, 11) is 1.80. The van der Waals surface area contributed by atoms with Gasteiger partial charge < -0.3 is 25.0 Å². The number of nitrogens with one attached hydrogen (secondary N) is 2. The quantitative estimate of drug-likeness (QED) is 0.667. The molecule has 1 aromatic rings. The average molecular weight is 470 g/mol. The first-order valence-corrected chi connectivity index (χ1v) is 12.7. The highest BCUT2D eigenvalue weighted by Gasteiger charge is 2.39. The molecule has 2 saturated carbocycles. The fourth-order valence-corrected chi connectivity index (χ4v) is 5.40. The van der Waals surface area contributed by atoms with Crippen molar-refractivity contribution in [3.8, 4) is 5.75 Å². The Hall–Kier alpha value is -2.61. The molecule has 1 saturated heterocycles. The summed E-state index contributed by atoms with van der Waals surface area (Å²) in [6.45, 7) is 1.07. The van der Waals surface area contributed by atoms with Crippen molar-refractivity contribution >= 4 is 23.4 Å². The molecule has 0 radical (unpaired) electrons. The van der Waals surface area contributed by atoms with Crippen molar-refractivity contribution in [2.24, 2.45) is 11.8 Å². The number of amides is 3. The highest BCUT2D eigenvalue weighted by molar-refractivity contribution is 6.00. The molecule has 2 aliphatic heterocycles. The fraction of sp³-hybridized carbons (Fsp3) is 0.654. The van der Waals surface area contributed by atoms with Gasteiger partial charge in [-0.3, -0.25) is 14.4 Å². The van der Waals surface area contributed by atoms with Crippen LogP contribution in [0.2, 0.25) is 0 Å². The minimum Gasteiger partial charge on any atom is -0.490 e. The molecule has 0 spiro atoms. The molecule has 4 aliphatic rings. The first-order chi connectivity index (χ1) is 16.5. The van der Waals surface area contributed by atoms with Crippen molar-refractivity contribution in [3.05, 3.63) is 23.8 Å². The van der Waals surface area contributed by atoms with Crippen LogP contribution in [-0.4, -0.2) is 61.1 Å². The molecule has 8 nitrogen and oxygen atoms in total. The van der Waals surface area contributed by atoms with Crippen molar-refractivity contribution in [3.63, 3.8) is 0 Å². The summed E-state index contributed by atoms with van der Waals surface area (Å²) >= 11 is 0. The Labute approximate surface area is 200 Å². The van der Waals surface area contributed by atoms with Crippen LogP contribution in [0.3, 0.4) is 0 Å². The van der Waals surface area contributed by atoms with Crippen molar-refractivity contribution in [2.45, 2.75) is 76.0 Å². The molecule has 3 fully saturated rings. The summed E-state index contributed by atoms with van der Waals surface area (Å²) in [6.07, 6.45) is 7.81. The molecule has 2 N–H and O–H groups in total. The SMILES string of the molecule is CN1C(=O)c2cc(NC(=O)C3CCCC3)ccc2OC[C@@H]2O[C@H](CC(=O)NCC3CC3)CC[C@H]21. The number of fused-ring (bicyclic) bond motifs is 2. The normalized spacial score (nSPS) is 27.1. The Morgan fingerprint density at radius 1 is 1.09 bits per heavy atom. The second-order valence-corrected chi connectivity index (χ2v) is 10.3. The third-order valence-electron chi connectivity index (χ3n) is 7.70.